The molecular weight excluding hydrogens is 226 g/mol. The number of aryl methyl sites for hydroxylation is 1. The molecule has 1 aliphatic carbocycles. The monoisotopic (exact) mass is 251 g/mol. The number of aromatic nitrogens is 3. The van der Waals surface area contributed by atoms with Gasteiger partial charge in [-0.3, -0.25) is 4.68 Å². The van der Waals surface area contributed by atoms with Crippen molar-refractivity contribution in [3.8, 4) is 0 Å². The van der Waals surface area contributed by atoms with E-state index in [1.807, 2.05) is 4.68 Å². The van der Waals surface area contributed by atoms with Gasteiger partial charge in [0.15, 0.2) is 0 Å². The van der Waals surface area contributed by atoms with Gasteiger partial charge in [0.1, 0.15) is 12.2 Å². The zero-order valence-electron chi connectivity index (χ0n) is 11.4. The summed E-state index contributed by atoms with van der Waals surface area (Å²) in [4.78, 5) is 4.23. The van der Waals surface area contributed by atoms with Crippen molar-refractivity contribution in [2.45, 2.75) is 70.9 Å². The summed E-state index contributed by atoms with van der Waals surface area (Å²) in [5, 5.41) is 14.3. The minimum absolute atomic E-state index is 0.261. The second-order valence-corrected chi connectivity index (χ2v) is 5.44. The van der Waals surface area contributed by atoms with E-state index in [1.165, 1.54) is 38.5 Å². The van der Waals surface area contributed by atoms with Crippen LogP contribution in [0.3, 0.4) is 0 Å². The molecule has 0 amide bonds. The van der Waals surface area contributed by atoms with Crippen LogP contribution in [0.4, 0.5) is 0 Å². The summed E-state index contributed by atoms with van der Waals surface area (Å²) >= 11 is 0. The second kappa shape index (κ2) is 6.88. The van der Waals surface area contributed by atoms with Crippen LogP contribution in [-0.4, -0.2) is 26.0 Å². The third-order valence-electron chi connectivity index (χ3n) is 3.99. The number of hydrogen-bond acceptors (Lipinski definition) is 3. The molecule has 1 saturated carbocycles. The minimum atomic E-state index is -0.261. The Morgan fingerprint density at radius 2 is 2.06 bits per heavy atom. The van der Waals surface area contributed by atoms with Crippen molar-refractivity contribution in [3.63, 3.8) is 0 Å². The zero-order chi connectivity index (χ0) is 12.8. The molecule has 1 fully saturated rings. The van der Waals surface area contributed by atoms with Crippen LogP contribution in [0.15, 0.2) is 6.33 Å². The molecule has 1 heterocycles. The Morgan fingerprint density at radius 3 is 2.72 bits per heavy atom. The van der Waals surface area contributed by atoms with Crippen LogP contribution in [0.2, 0.25) is 0 Å². The van der Waals surface area contributed by atoms with Crippen LogP contribution in [0.5, 0.6) is 0 Å². The average Bonchev–Trinajstić information content (AvgIpc) is 2.64. The van der Waals surface area contributed by atoms with Crippen molar-refractivity contribution in [3.05, 3.63) is 12.2 Å². The Morgan fingerprint density at radius 1 is 1.33 bits per heavy atom. The van der Waals surface area contributed by atoms with E-state index in [0.717, 1.165) is 18.8 Å². The maximum Gasteiger partial charge on any atom is 0.138 e. The lowest BCUT2D eigenvalue weighted by Gasteiger charge is -2.18. The van der Waals surface area contributed by atoms with Crippen LogP contribution in [-0.2, 0) is 13.0 Å². The number of aliphatic hydroxyl groups excluding tert-OH is 1. The highest BCUT2D eigenvalue weighted by Gasteiger charge is 2.18. The third kappa shape index (κ3) is 3.80. The van der Waals surface area contributed by atoms with Gasteiger partial charge in [-0.15, -0.1) is 0 Å². The molecule has 2 rings (SSSR count). The fourth-order valence-corrected chi connectivity index (χ4v) is 2.99. The van der Waals surface area contributed by atoms with Crippen molar-refractivity contribution in [1.82, 2.24) is 14.8 Å². The van der Waals surface area contributed by atoms with E-state index < -0.39 is 0 Å². The van der Waals surface area contributed by atoms with Gasteiger partial charge < -0.3 is 5.11 Å². The van der Waals surface area contributed by atoms with Crippen LogP contribution < -0.4 is 0 Å². The van der Waals surface area contributed by atoms with Gasteiger partial charge in [-0.2, -0.15) is 5.10 Å². The van der Waals surface area contributed by atoms with E-state index in [2.05, 4.69) is 17.0 Å². The Balaban J connectivity index is 1.82. The van der Waals surface area contributed by atoms with E-state index in [9.17, 15) is 5.11 Å². The zero-order valence-corrected chi connectivity index (χ0v) is 11.4. The molecular formula is C14H25N3O. The van der Waals surface area contributed by atoms with Gasteiger partial charge in [0, 0.05) is 13.0 Å². The summed E-state index contributed by atoms with van der Waals surface area (Å²) in [6.45, 7) is 2.88. The molecule has 102 valence electrons. The first-order valence-corrected chi connectivity index (χ1v) is 7.34. The highest BCUT2D eigenvalue weighted by Crippen LogP contribution is 2.27. The van der Waals surface area contributed by atoms with Crippen LogP contribution in [0.1, 0.15) is 57.7 Å². The molecule has 4 heteroatoms. The highest BCUT2D eigenvalue weighted by molar-refractivity contribution is 4.88. The Hall–Kier alpha value is -0.900. The molecule has 0 saturated heterocycles. The largest absolute Gasteiger partial charge is 0.393 e. The van der Waals surface area contributed by atoms with E-state index >= 15 is 0 Å². The number of aliphatic hydroxyl groups is 1. The topological polar surface area (TPSA) is 50.9 Å². The molecule has 1 aromatic rings. The fraction of sp³-hybridized carbons (Fsp3) is 0.857. The number of rotatable bonds is 5. The SMILES string of the molecule is CCn1ncnc1CC(O)CC1CCCCCC1. The number of nitrogens with zero attached hydrogens (tertiary/aromatic N) is 3. The van der Waals surface area contributed by atoms with Crippen LogP contribution in [0, 0.1) is 5.92 Å². The first-order valence-electron chi connectivity index (χ1n) is 7.34. The van der Waals surface area contributed by atoms with Gasteiger partial charge in [0.2, 0.25) is 0 Å². The van der Waals surface area contributed by atoms with Gasteiger partial charge in [-0.1, -0.05) is 38.5 Å². The summed E-state index contributed by atoms with van der Waals surface area (Å²) < 4.78 is 1.87. The molecule has 0 radical (unpaired) electrons. The van der Waals surface area contributed by atoms with Crippen molar-refractivity contribution >= 4 is 0 Å². The van der Waals surface area contributed by atoms with Crippen molar-refractivity contribution in [2.24, 2.45) is 5.92 Å². The predicted molar refractivity (Wildman–Crippen MR) is 71.2 cm³/mol. The lowest BCUT2D eigenvalue weighted by molar-refractivity contribution is 0.134. The first-order chi connectivity index (χ1) is 8.79. The maximum atomic E-state index is 10.2. The lowest BCUT2D eigenvalue weighted by Crippen LogP contribution is -2.19. The van der Waals surface area contributed by atoms with Crippen molar-refractivity contribution < 1.29 is 5.11 Å². The Bertz CT molecular complexity index is 343. The highest BCUT2D eigenvalue weighted by atomic mass is 16.3. The Kier molecular flexibility index (Phi) is 5.17. The van der Waals surface area contributed by atoms with Gasteiger partial charge >= 0.3 is 0 Å². The van der Waals surface area contributed by atoms with E-state index in [-0.39, 0.29) is 6.10 Å². The van der Waals surface area contributed by atoms with E-state index in [1.54, 1.807) is 6.33 Å². The maximum absolute atomic E-state index is 10.2. The summed E-state index contributed by atoms with van der Waals surface area (Å²) in [5.41, 5.74) is 0. The molecule has 0 spiro atoms. The molecule has 1 aromatic heterocycles. The molecule has 1 aliphatic rings. The molecule has 4 nitrogen and oxygen atoms in total. The molecule has 0 bridgehead atoms. The van der Waals surface area contributed by atoms with E-state index in [0.29, 0.717) is 12.3 Å². The van der Waals surface area contributed by atoms with Crippen LogP contribution >= 0.6 is 0 Å². The summed E-state index contributed by atoms with van der Waals surface area (Å²) in [6, 6.07) is 0. The van der Waals surface area contributed by atoms with E-state index in [4.69, 9.17) is 0 Å². The smallest absolute Gasteiger partial charge is 0.138 e. The third-order valence-corrected chi connectivity index (χ3v) is 3.99. The number of hydrogen-bond donors (Lipinski definition) is 1. The molecule has 1 N–H and O–H groups in total. The van der Waals surface area contributed by atoms with Crippen molar-refractivity contribution in [2.75, 3.05) is 0 Å². The normalized spacial score (nSPS) is 19.7. The fourth-order valence-electron chi connectivity index (χ4n) is 2.99. The second-order valence-electron chi connectivity index (χ2n) is 5.44. The molecule has 0 aliphatic heterocycles. The predicted octanol–water partition coefficient (Wildman–Crippen LogP) is 2.56. The first kappa shape index (κ1) is 13.5. The molecule has 0 aromatic carbocycles. The average molecular weight is 251 g/mol. The molecule has 1 unspecified atom stereocenters. The van der Waals surface area contributed by atoms with Gasteiger partial charge in [0.05, 0.1) is 6.10 Å². The van der Waals surface area contributed by atoms with Gasteiger partial charge in [-0.25, -0.2) is 4.98 Å². The molecule has 1 atom stereocenters. The summed E-state index contributed by atoms with van der Waals surface area (Å²) in [5.74, 6) is 1.62. The standard InChI is InChI=1S/C14H25N3O/c1-2-17-14(15-11-16-17)10-13(18)9-12-7-5-3-4-6-8-12/h11-13,18H,2-10H2,1H3. The lowest BCUT2D eigenvalue weighted by atomic mass is 9.92. The van der Waals surface area contributed by atoms with Gasteiger partial charge in [0.25, 0.3) is 0 Å². The quantitative estimate of drug-likeness (QED) is 0.818. The van der Waals surface area contributed by atoms with Crippen LogP contribution in [0.25, 0.3) is 0 Å². The summed E-state index contributed by atoms with van der Waals surface area (Å²) in [7, 11) is 0. The molecule has 18 heavy (non-hydrogen) atoms. The van der Waals surface area contributed by atoms with Gasteiger partial charge in [-0.05, 0) is 19.3 Å². The summed E-state index contributed by atoms with van der Waals surface area (Å²) in [6.07, 6.45) is 10.9. The Labute approximate surface area is 109 Å². The van der Waals surface area contributed by atoms with Crippen molar-refractivity contribution in [1.29, 1.82) is 0 Å². The minimum Gasteiger partial charge on any atom is -0.393 e.